The van der Waals surface area contributed by atoms with Crippen LogP contribution in [0.2, 0.25) is 0 Å². The minimum Gasteiger partial charge on any atom is -0.478 e. The molecule has 0 aliphatic carbocycles. The summed E-state index contributed by atoms with van der Waals surface area (Å²) in [5.41, 5.74) is 1.29. The van der Waals surface area contributed by atoms with Gasteiger partial charge in [0.05, 0.1) is 29.5 Å². The van der Waals surface area contributed by atoms with Crippen LogP contribution in [0.4, 0.5) is 5.13 Å². The van der Waals surface area contributed by atoms with E-state index < -0.39 is 0 Å². The number of aromatic nitrogens is 3. The maximum atomic E-state index is 13.3. The number of carbonyl (C=O) groups is 1. The van der Waals surface area contributed by atoms with Crippen molar-refractivity contribution in [2.45, 2.75) is 31.9 Å². The van der Waals surface area contributed by atoms with Gasteiger partial charge in [-0.3, -0.25) is 9.69 Å². The number of ether oxygens (including phenoxy) is 2. The Morgan fingerprint density at radius 3 is 3.04 bits per heavy atom. The molecule has 3 aromatic rings. The summed E-state index contributed by atoms with van der Waals surface area (Å²) in [4.78, 5) is 19.7. The predicted molar refractivity (Wildman–Crippen MR) is 103 cm³/mol. The van der Waals surface area contributed by atoms with Gasteiger partial charge in [-0.25, -0.2) is 9.67 Å². The molecule has 1 fully saturated rings. The second kappa shape index (κ2) is 6.94. The number of nitrogens with zero attached hydrogens (tertiary/aromatic N) is 4. The molecule has 0 N–H and O–H groups in total. The fourth-order valence-electron chi connectivity index (χ4n) is 3.53. The Morgan fingerprint density at radius 1 is 1.30 bits per heavy atom. The lowest BCUT2D eigenvalue weighted by Crippen LogP contribution is -2.37. The van der Waals surface area contributed by atoms with E-state index in [0.29, 0.717) is 29.9 Å². The number of anilines is 1. The van der Waals surface area contributed by atoms with Gasteiger partial charge in [0, 0.05) is 25.6 Å². The van der Waals surface area contributed by atoms with Crippen molar-refractivity contribution in [2.75, 3.05) is 24.7 Å². The third-order valence-corrected chi connectivity index (χ3v) is 5.95. The van der Waals surface area contributed by atoms with Crippen LogP contribution >= 0.6 is 11.3 Å². The van der Waals surface area contributed by atoms with E-state index in [-0.39, 0.29) is 12.0 Å². The second-order valence-corrected chi connectivity index (χ2v) is 7.82. The van der Waals surface area contributed by atoms with Crippen molar-refractivity contribution < 1.29 is 14.3 Å². The van der Waals surface area contributed by atoms with Gasteiger partial charge in [0.2, 0.25) is 5.88 Å². The molecular formula is C19H20N4O3S. The SMILES string of the molecule is O=C(c1cc2n(n1)CCCO2)N(CC1CCCO1)c1nc2ccccc2s1. The average molecular weight is 384 g/mol. The van der Waals surface area contributed by atoms with Crippen LogP contribution in [-0.4, -0.2) is 46.5 Å². The van der Waals surface area contributed by atoms with Crippen molar-refractivity contribution in [3.8, 4) is 5.88 Å². The second-order valence-electron chi connectivity index (χ2n) is 6.81. The maximum Gasteiger partial charge on any atom is 0.280 e. The van der Waals surface area contributed by atoms with Gasteiger partial charge in [-0.05, 0) is 25.0 Å². The number of thiazole rings is 1. The van der Waals surface area contributed by atoms with Gasteiger partial charge in [0.15, 0.2) is 10.8 Å². The Bertz CT molecular complexity index is 920. The van der Waals surface area contributed by atoms with E-state index in [2.05, 4.69) is 10.1 Å². The van der Waals surface area contributed by atoms with Gasteiger partial charge in [-0.15, -0.1) is 0 Å². The van der Waals surface area contributed by atoms with Crippen molar-refractivity contribution in [2.24, 2.45) is 0 Å². The summed E-state index contributed by atoms with van der Waals surface area (Å²) < 4.78 is 14.2. The Morgan fingerprint density at radius 2 is 2.22 bits per heavy atom. The van der Waals surface area contributed by atoms with Crippen molar-refractivity contribution in [1.82, 2.24) is 14.8 Å². The summed E-state index contributed by atoms with van der Waals surface area (Å²) in [6, 6.07) is 9.66. The van der Waals surface area contributed by atoms with Crippen molar-refractivity contribution in [1.29, 1.82) is 0 Å². The highest BCUT2D eigenvalue weighted by atomic mass is 32.1. The van der Waals surface area contributed by atoms with Crippen LogP contribution in [0.3, 0.4) is 0 Å². The van der Waals surface area contributed by atoms with Crippen molar-refractivity contribution >= 4 is 32.6 Å². The summed E-state index contributed by atoms with van der Waals surface area (Å²) in [6.07, 6.45) is 2.92. The Balaban J connectivity index is 1.50. The number of fused-ring (bicyclic) bond motifs is 2. The molecule has 7 nitrogen and oxygen atoms in total. The Labute approximate surface area is 160 Å². The molecular weight excluding hydrogens is 364 g/mol. The highest BCUT2D eigenvalue weighted by Crippen LogP contribution is 2.31. The molecule has 1 aromatic carbocycles. The van der Waals surface area contributed by atoms with Crippen LogP contribution in [-0.2, 0) is 11.3 Å². The first-order valence-electron chi connectivity index (χ1n) is 9.27. The largest absolute Gasteiger partial charge is 0.478 e. The summed E-state index contributed by atoms with van der Waals surface area (Å²) in [5.74, 6) is 0.501. The standard InChI is InChI=1S/C19H20N4O3S/c24-18(15-11-17-23(21-15)8-4-10-26-17)22(12-13-5-3-9-25-13)19-20-14-6-1-2-7-16(14)27-19/h1-2,6-7,11,13H,3-5,8-10,12H2. The fourth-order valence-corrected chi connectivity index (χ4v) is 4.50. The van der Waals surface area contributed by atoms with Gasteiger partial charge in [-0.2, -0.15) is 5.10 Å². The van der Waals surface area contributed by atoms with Crippen LogP contribution in [0.15, 0.2) is 30.3 Å². The summed E-state index contributed by atoms with van der Waals surface area (Å²) >= 11 is 1.52. The maximum absolute atomic E-state index is 13.3. The molecule has 1 atom stereocenters. The summed E-state index contributed by atoms with van der Waals surface area (Å²) in [7, 11) is 0. The molecule has 5 rings (SSSR count). The minimum absolute atomic E-state index is 0.0365. The van der Waals surface area contributed by atoms with Crippen LogP contribution < -0.4 is 9.64 Å². The Kier molecular flexibility index (Phi) is 4.29. The first kappa shape index (κ1) is 16.7. The number of hydrogen-bond acceptors (Lipinski definition) is 6. The van der Waals surface area contributed by atoms with E-state index >= 15 is 0 Å². The van der Waals surface area contributed by atoms with E-state index in [1.165, 1.54) is 11.3 Å². The summed E-state index contributed by atoms with van der Waals surface area (Å²) in [6.45, 7) is 2.67. The third kappa shape index (κ3) is 3.19. The number of hydrogen-bond donors (Lipinski definition) is 0. The normalized spacial score (nSPS) is 19.0. The van der Waals surface area contributed by atoms with Crippen molar-refractivity contribution in [3.05, 3.63) is 36.0 Å². The first-order chi connectivity index (χ1) is 13.3. The molecule has 2 aliphatic heterocycles. The molecule has 2 aromatic heterocycles. The zero-order valence-electron chi connectivity index (χ0n) is 14.8. The molecule has 140 valence electrons. The van der Waals surface area contributed by atoms with Gasteiger partial charge in [0.25, 0.3) is 5.91 Å². The first-order valence-corrected chi connectivity index (χ1v) is 10.1. The molecule has 27 heavy (non-hydrogen) atoms. The quantitative estimate of drug-likeness (QED) is 0.691. The smallest absolute Gasteiger partial charge is 0.280 e. The van der Waals surface area contributed by atoms with E-state index in [1.807, 2.05) is 24.3 Å². The molecule has 4 heterocycles. The predicted octanol–water partition coefficient (Wildman–Crippen LogP) is 3.10. The molecule has 1 amide bonds. The average Bonchev–Trinajstić information content (AvgIpc) is 3.44. The fraction of sp³-hybridized carbons (Fsp3) is 0.421. The van der Waals surface area contributed by atoms with Crippen LogP contribution in [0.5, 0.6) is 5.88 Å². The lowest BCUT2D eigenvalue weighted by atomic mass is 10.2. The topological polar surface area (TPSA) is 69.5 Å². The highest BCUT2D eigenvalue weighted by molar-refractivity contribution is 7.22. The number of para-hydroxylation sites is 1. The number of amides is 1. The number of benzene rings is 1. The van der Waals surface area contributed by atoms with E-state index in [9.17, 15) is 4.79 Å². The molecule has 0 radical (unpaired) electrons. The summed E-state index contributed by atoms with van der Waals surface area (Å²) in [5, 5.41) is 5.15. The number of rotatable bonds is 4. The van der Waals surface area contributed by atoms with E-state index in [1.54, 1.807) is 15.6 Å². The Hall–Kier alpha value is -2.45. The monoisotopic (exact) mass is 384 g/mol. The molecule has 0 saturated carbocycles. The lowest BCUT2D eigenvalue weighted by molar-refractivity contribution is 0.0912. The minimum atomic E-state index is -0.157. The highest BCUT2D eigenvalue weighted by Gasteiger charge is 2.29. The van der Waals surface area contributed by atoms with Crippen molar-refractivity contribution in [3.63, 3.8) is 0 Å². The van der Waals surface area contributed by atoms with Gasteiger partial charge in [-0.1, -0.05) is 23.5 Å². The van der Waals surface area contributed by atoms with Crippen LogP contribution in [0, 0.1) is 0 Å². The van der Waals surface area contributed by atoms with Crippen LogP contribution in [0.25, 0.3) is 10.2 Å². The van der Waals surface area contributed by atoms with Gasteiger partial charge in [0.1, 0.15) is 0 Å². The molecule has 0 spiro atoms. The van der Waals surface area contributed by atoms with Gasteiger partial charge >= 0.3 is 0 Å². The molecule has 0 bridgehead atoms. The number of carbonyl (C=O) groups excluding carboxylic acids is 1. The molecule has 8 heteroatoms. The molecule has 1 saturated heterocycles. The van der Waals surface area contributed by atoms with Gasteiger partial charge < -0.3 is 9.47 Å². The lowest BCUT2D eigenvalue weighted by Gasteiger charge is -2.22. The van der Waals surface area contributed by atoms with E-state index in [4.69, 9.17) is 9.47 Å². The third-order valence-electron chi connectivity index (χ3n) is 4.90. The van der Waals surface area contributed by atoms with Crippen LogP contribution in [0.1, 0.15) is 29.8 Å². The molecule has 2 aliphatic rings. The zero-order valence-corrected chi connectivity index (χ0v) is 15.7. The number of aryl methyl sites for hydroxylation is 1. The zero-order chi connectivity index (χ0) is 18.2. The van der Waals surface area contributed by atoms with E-state index in [0.717, 1.165) is 42.6 Å². The molecule has 1 unspecified atom stereocenters.